The first kappa shape index (κ1) is 16.5. The SMILES string of the molecule is COC(=O)C1=C(c2ccccc2)OOC1(C(=O)OC)C(=O)OC. The quantitative estimate of drug-likeness (QED) is 0.344. The van der Waals surface area contributed by atoms with E-state index in [4.69, 9.17) is 9.78 Å². The van der Waals surface area contributed by atoms with Gasteiger partial charge in [0.25, 0.3) is 0 Å². The van der Waals surface area contributed by atoms with E-state index in [-0.39, 0.29) is 5.76 Å². The first-order valence-corrected chi connectivity index (χ1v) is 6.44. The van der Waals surface area contributed by atoms with Crippen LogP contribution in [0, 0.1) is 0 Å². The van der Waals surface area contributed by atoms with Gasteiger partial charge in [-0.3, -0.25) is 0 Å². The largest absolute Gasteiger partial charge is 0.466 e. The topological polar surface area (TPSA) is 97.4 Å². The van der Waals surface area contributed by atoms with Gasteiger partial charge in [-0.1, -0.05) is 30.3 Å². The summed E-state index contributed by atoms with van der Waals surface area (Å²) in [6.45, 7) is 0. The number of benzene rings is 1. The number of hydrogen-bond acceptors (Lipinski definition) is 8. The summed E-state index contributed by atoms with van der Waals surface area (Å²) in [4.78, 5) is 46.5. The second-order valence-electron chi connectivity index (χ2n) is 4.39. The van der Waals surface area contributed by atoms with Gasteiger partial charge in [-0.05, 0) is 0 Å². The third kappa shape index (κ3) is 2.53. The van der Waals surface area contributed by atoms with Gasteiger partial charge < -0.3 is 19.1 Å². The molecule has 1 heterocycles. The molecule has 1 aromatic rings. The Morgan fingerprint density at radius 1 is 0.913 bits per heavy atom. The second-order valence-corrected chi connectivity index (χ2v) is 4.39. The lowest BCUT2D eigenvalue weighted by molar-refractivity contribution is -0.280. The fraction of sp³-hybridized carbons (Fsp3) is 0.267. The summed E-state index contributed by atoms with van der Waals surface area (Å²) in [6, 6.07) is 8.30. The smallest absolute Gasteiger partial charge is 0.359 e. The molecule has 1 aromatic carbocycles. The predicted octanol–water partition coefficient (Wildman–Crippen LogP) is 0.617. The number of ether oxygens (including phenoxy) is 3. The highest BCUT2D eigenvalue weighted by Crippen LogP contribution is 2.40. The molecule has 0 aromatic heterocycles. The van der Waals surface area contributed by atoms with Gasteiger partial charge in [0.2, 0.25) is 0 Å². The van der Waals surface area contributed by atoms with E-state index < -0.39 is 29.1 Å². The maximum absolute atomic E-state index is 12.2. The van der Waals surface area contributed by atoms with Gasteiger partial charge in [-0.2, -0.15) is 4.89 Å². The lowest BCUT2D eigenvalue weighted by Gasteiger charge is -2.21. The van der Waals surface area contributed by atoms with Crippen molar-refractivity contribution in [3.8, 4) is 0 Å². The molecule has 0 aliphatic carbocycles. The van der Waals surface area contributed by atoms with Crippen LogP contribution in [-0.2, 0) is 38.4 Å². The molecule has 0 saturated carbocycles. The molecule has 122 valence electrons. The fourth-order valence-electron chi connectivity index (χ4n) is 2.11. The first-order chi connectivity index (χ1) is 11.0. The van der Waals surface area contributed by atoms with Crippen LogP contribution in [0.1, 0.15) is 5.56 Å². The monoisotopic (exact) mass is 322 g/mol. The zero-order valence-electron chi connectivity index (χ0n) is 12.7. The van der Waals surface area contributed by atoms with Crippen molar-refractivity contribution in [1.82, 2.24) is 0 Å². The van der Waals surface area contributed by atoms with Crippen molar-refractivity contribution in [3.63, 3.8) is 0 Å². The summed E-state index contributed by atoms with van der Waals surface area (Å²) in [7, 11) is 3.16. The summed E-state index contributed by atoms with van der Waals surface area (Å²) in [6.07, 6.45) is 0. The lowest BCUT2D eigenvalue weighted by Crippen LogP contribution is -2.51. The molecule has 0 saturated heterocycles. The number of methoxy groups -OCH3 is 3. The van der Waals surface area contributed by atoms with E-state index in [1.54, 1.807) is 30.3 Å². The Balaban J connectivity index is 2.73. The van der Waals surface area contributed by atoms with Gasteiger partial charge in [-0.25, -0.2) is 14.4 Å². The number of hydrogen-bond donors (Lipinski definition) is 0. The molecular formula is C15H14O8. The van der Waals surface area contributed by atoms with Crippen molar-refractivity contribution in [2.75, 3.05) is 21.3 Å². The van der Waals surface area contributed by atoms with Gasteiger partial charge in [0.05, 0.1) is 21.3 Å². The highest BCUT2D eigenvalue weighted by Gasteiger charge is 2.64. The van der Waals surface area contributed by atoms with Gasteiger partial charge in [0.1, 0.15) is 5.57 Å². The Bertz CT molecular complexity index is 645. The van der Waals surface area contributed by atoms with Crippen LogP contribution in [0.2, 0.25) is 0 Å². The van der Waals surface area contributed by atoms with Crippen LogP contribution in [0.25, 0.3) is 5.76 Å². The van der Waals surface area contributed by atoms with Crippen molar-refractivity contribution in [3.05, 3.63) is 41.5 Å². The van der Waals surface area contributed by atoms with Gasteiger partial charge in [0.15, 0.2) is 5.76 Å². The van der Waals surface area contributed by atoms with Crippen LogP contribution >= 0.6 is 0 Å². The average molecular weight is 322 g/mol. The minimum Gasteiger partial charge on any atom is -0.466 e. The van der Waals surface area contributed by atoms with Crippen LogP contribution in [0.4, 0.5) is 0 Å². The van der Waals surface area contributed by atoms with Crippen molar-refractivity contribution >= 4 is 23.7 Å². The van der Waals surface area contributed by atoms with Gasteiger partial charge in [0, 0.05) is 5.56 Å². The van der Waals surface area contributed by atoms with Crippen molar-refractivity contribution < 1.29 is 38.4 Å². The van der Waals surface area contributed by atoms with Crippen molar-refractivity contribution in [2.45, 2.75) is 5.60 Å². The normalized spacial score (nSPS) is 15.6. The third-order valence-corrected chi connectivity index (χ3v) is 3.20. The molecule has 0 amide bonds. The fourth-order valence-corrected chi connectivity index (χ4v) is 2.11. The molecule has 0 bridgehead atoms. The highest BCUT2D eigenvalue weighted by molar-refractivity contribution is 6.18. The lowest BCUT2D eigenvalue weighted by atomic mass is 9.91. The summed E-state index contributed by atoms with van der Waals surface area (Å²) < 4.78 is 13.8. The molecule has 8 heteroatoms. The molecule has 0 radical (unpaired) electrons. The van der Waals surface area contributed by atoms with Crippen molar-refractivity contribution in [2.24, 2.45) is 0 Å². The Hall–Kier alpha value is -2.87. The van der Waals surface area contributed by atoms with E-state index in [2.05, 4.69) is 14.2 Å². The molecule has 0 spiro atoms. The Kier molecular flexibility index (Phi) is 4.65. The molecule has 0 unspecified atom stereocenters. The second kappa shape index (κ2) is 6.49. The molecule has 1 aliphatic heterocycles. The van der Waals surface area contributed by atoms with Crippen LogP contribution in [-0.4, -0.2) is 44.8 Å². The van der Waals surface area contributed by atoms with Gasteiger partial charge in [-0.15, -0.1) is 0 Å². The minimum atomic E-state index is -2.51. The Morgan fingerprint density at radius 2 is 1.48 bits per heavy atom. The van der Waals surface area contributed by atoms with Crippen LogP contribution in [0.3, 0.4) is 0 Å². The van der Waals surface area contributed by atoms with E-state index in [0.29, 0.717) is 5.56 Å². The molecule has 23 heavy (non-hydrogen) atoms. The van der Waals surface area contributed by atoms with E-state index in [1.807, 2.05) is 0 Å². The molecule has 0 atom stereocenters. The highest BCUT2D eigenvalue weighted by atomic mass is 17.2. The van der Waals surface area contributed by atoms with Crippen LogP contribution in [0.15, 0.2) is 35.9 Å². The minimum absolute atomic E-state index is 0.131. The summed E-state index contributed by atoms with van der Waals surface area (Å²) >= 11 is 0. The maximum Gasteiger partial charge on any atom is 0.359 e. The van der Waals surface area contributed by atoms with E-state index in [9.17, 15) is 14.4 Å². The summed E-state index contributed by atoms with van der Waals surface area (Å²) in [5.41, 5.74) is -2.56. The first-order valence-electron chi connectivity index (χ1n) is 6.44. The van der Waals surface area contributed by atoms with Gasteiger partial charge >= 0.3 is 23.5 Å². The van der Waals surface area contributed by atoms with E-state index in [0.717, 1.165) is 21.3 Å². The zero-order chi connectivity index (χ0) is 17.0. The number of rotatable bonds is 4. The molecule has 0 fully saturated rings. The number of esters is 3. The molecule has 1 aliphatic rings. The summed E-state index contributed by atoms with van der Waals surface area (Å²) in [5, 5.41) is 0. The Labute approximate surface area is 131 Å². The maximum atomic E-state index is 12.2. The average Bonchev–Trinajstić information content (AvgIpc) is 3.01. The molecular weight excluding hydrogens is 308 g/mol. The zero-order valence-corrected chi connectivity index (χ0v) is 12.7. The van der Waals surface area contributed by atoms with E-state index in [1.165, 1.54) is 0 Å². The molecule has 2 rings (SSSR count). The van der Waals surface area contributed by atoms with Crippen LogP contribution in [0.5, 0.6) is 0 Å². The Morgan fingerprint density at radius 3 is 1.96 bits per heavy atom. The molecule has 0 N–H and O–H groups in total. The summed E-state index contributed by atoms with van der Waals surface area (Å²) in [5.74, 6) is -3.46. The molecule has 8 nitrogen and oxygen atoms in total. The number of carbonyl (C=O) groups is 3. The predicted molar refractivity (Wildman–Crippen MR) is 74.3 cm³/mol. The van der Waals surface area contributed by atoms with Crippen molar-refractivity contribution in [1.29, 1.82) is 0 Å². The standard InChI is InChI=1S/C15H14O8/c1-19-12(16)10-11(9-7-5-4-6-8-9)22-23-15(10,13(17)20-2)14(18)21-3/h4-8H,1-3H3. The number of carbonyl (C=O) groups excluding carboxylic acids is 3. The van der Waals surface area contributed by atoms with E-state index >= 15 is 0 Å². The van der Waals surface area contributed by atoms with Crippen LogP contribution < -0.4 is 0 Å². The third-order valence-electron chi connectivity index (χ3n) is 3.20.